The Morgan fingerprint density at radius 2 is 1.71 bits per heavy atom. The van der Waals surface area contributed by atoms with Gasteiger partial charge in [0.05, 0.1) is 4.90 Å². The minimum atomic E-state index is -3.52. The van der Waals surface area contributed by atoms with Crippen molar-refractivity contribution in [3.8, 4) is 0 Å². The van der Waals surface area contributed by atoms with Crippen molar-refractivity contribution >= 4 is 20.8 Å². The predicted molar refractivity (Wildman–Crippen MR) is 84.8 cm³/mol. The number of nitrogens with one attached hydrogen (secondary N) is 2. The van der Waals surface area contributed by atoms with Gasteiger partial charge in [0, 0.05) is 10.9 Å². The average Bonchev–Trinajstić information content (AvgIpc) is 2.46. The summed E-state index contributed by atoms with van der Waals surface area (Å²) < 4.78 is 28.5. The predicted octanol–water partition coefficient (Wildman–Crippen LogP) is 2.26. The SMILES string of the molecule is CC1(NS(=O)(=O)c2cccc3ccccc23)CCNCC1. The molecule has 0 atom stereocenters. The second-order valence-corrected chi connectivity index (χ2v) is 7.54. The normalized spacial score (nSPS) is 18.7. The molecule has 3 rings (SSSR count). The van der Waals surface area contributed by atoms with Crippen LogP contribution in [-0.2, 0) is 10.0 Å². The van der Waals surface area contributed by atoms with Gasteiger partial charge >= 0.3 is 0 Å². The average molecular weight is 304 g/mol. The molecule has 0 saturated carbocycles. The monoisotopic (exact) mass is 304 g/mol. The molecule has 1 heterocycles. The fourth-order valence-corrected chi connectivity index (χ4v) is 4.59. The van der Waals surface area contributed by atoms with E-state index in [-0.39, 0.29) is 5.54 Å². The fraction of sp³-hybridized carbons (Fsp3) is 0.375. The zero-order chi connectivity index (χ0) is 14.9. The molecule has 2 aromatic carbocycles. The number of hydrogen-bond acceptors (Lipinski definition) is 3. The third-order valence-electron chi connectivity index (χ3n) is 4.13. The van der Waals surface area contributed by atoms with Crippen molar-refractivity contribution in [2.24, 2.45) is 0 Å². The van der Waals surface area contributed by atoms with Crippen molar-refractivity contribution in [1.82, 2.24) is 10.0 Å². The molecule has 1 saturated heterocycles. The highest BCUT2D eigenvalue weighted by Crippen LogP contribution is 2.26. The summed E-state index contributed by atoms with van der Waals surface area (Å²) in [5.41, 5.74) is -0.374. The Bertz CT molecular complexity index is 744. The molecule has 0 unspecified atom stereocenters. The lowest BCUT2D eigenvalue weighted by atomic mass is 9.92. The zero-order valence-corrected chi connectivity index (χ0v) is 12.9. The molecule has 1 fully saturated rings. The molecule has 0 spiro atoms. The van der Waals surface area contributed by atoms with Crippen LogP contribution in [0, 0.1) is 0 Å². The van der Waals surface area contributed by atoms with Gasteiger partial charge in [-0.2, -0.15) is 0 Å². The van der Waals surface area contributed by atoms with E-state index >= 15 is 0 Å². The van der Waals surface area contributed by atoms with E-state index in [2.05, 4.69) is 10.0 Å². The van der Waals surface area contributed by atoms with Crippen LogP contribution in [0.2, 0.25) is 0 Å². The Morgan fingerprint density at radius 3 is 2.48 bits per heavy atom. The molecule has 0 aromatic heterocycles. The molecular weight excluding hydrogens is 284 g/mol. The van der Waals surface area contributed by atoms with Crippen molar-refractivity contribution in [2.45, 2.75) is 30.2 Å². The topological polar surface area (TPSA) is 58.2 Å². The van der Waals surface area contributed by atoms with E-state index < -0.39 is 10.0 Å². The van der Waals surface area contributed by atoms with E-state index in [0.29, 0.717) is 4.90 Å². The lowest BCUT2D eigenvalue weighted by molar-refractivity contribution is 0.308. The summed E-state index contributed by atoms with van der Waals surface area (Å²) in [6.07, 6.45) is 1.61. The van der Waals surface area contributed by atoms with E-state index in [0.717, 1.165) is 36.7 Å². The maximum Gasteiger partial charge on any atom is 0.241 e. The molecule has 112 valence electrons. The van der Waals surface area contributed by atoms with Crippen LogP contribution in [0.1, 0.15) is 19.8 Å². The minimum Gasteiger partial charge on any atom is -0.317 e. The van der Waals surface area contributed by atoms with Gasteiger partial charge in [0.15, 0.2) is 0 Å². The molecule has 4 nitrogen and oxygen atoms in total. The van der Waals surface area contributed by atoms with Crippen molar-refractivity contribution in [2.75, 3.05) is 13.1 Å². The van der Waals surface area contributed by atoms with Crippen LogP contribution in [-0.4, -0.2) is 27.0 Å². The van der Waals surface area contributed by atoms with E-state index in [4.69, 9.17) is 0 Å². The van der Waals surface area contributed by atoms with Gasteiger partial charge in [0.1, 0.15) is 0 Å². The molecule has 2 N–H and O–H groups in total. The van der Waals surface area contributed by atoms with Crippen LogP contribution in [0.25, 0.3) is 10.8 Å². The standard InChI is InChI=1S/C16H20N2O2S/c1-16(9-11-17-12-10-16)18-21(19,20)15-8-4-6-13-5-2-3-7-14(13)15/h2-8,17-18H,9-12H2,1H3. The summed E-state index contributed by atoms with van der Waals surface area (Å²) >= 11 is 0. The number of rotatable bonds is 3. The Labute approximate surface area is 125 Å². The molecule has 5 heteroatoms. The summed E-state index contributed by atoms with van der Waals surface area (Å²) in [7, 11) is -3.52. The van der Waals surface area contributed by atoms with Crippen molar-refractivity contribution in [3.63, 3.8) is 0 Å². The summed E-state index contributed by atoms with van der Waals surface area (Å²) in [6.45, 7) is 3.67. The van der Waals surface area contributed by atoms with Crippen LogP contribution in [0.5, 0.6) is 0 Å². The molecule has 0 amide bonds. The highest BCUT2D eigenvalue weighted by atomic mass is 32.2. The van der Waals surface area contributed by atoms with E-state index in [1.165, 1.54) is 0 Å². The van der Waals surface area contributed by atoms with Crippen LogP contribution >= 0.6 is 0 Å². The lowest BCUT2D eigenvalue weighted by Crippen LogP contribution is -2.52. The van der Waals surface area contributed by atoms with Gasteiger partial charge in [-0.3, -0.25) is 0 Å². The third kappa shape index (κ3) is 2.95. The minimum absolute atomic E-state index is 0.361. The highest BCUT2D eigenvalue weighted by Gasteiger charge is 2.32. The Hall–Kier alpha value is -1.43. The molecule has 0 bridgehead atoms. The Morgan fingerprint density at radius 1 is 1.05 bits per heavy atom. The van der Waals surface area contributed by atoms with Crippen molar-refractivity contribution < 1.29 is 8.42 Å². The molecule has 2 aromatic rings. The molecule has 1 aliphatic heterocycles. The van der Waals surface area contributed by atoms with Crippen LogP contribution < -0.4 is 10.0 Å². The second kappa shape index (κ2) is 5.40. The quantitative estimate of drug-likeness (QED) is 0.914. The molecule has 21 heavy (non-hydrogen) atoms. The van der Waals surface area contributed by atoms with Gasteiger partial charge < -0.3 is 5.32 Å². The first-order chi connectivity index (χ1) is 10.0. The number of benzene rings is 2. The van der Waals surface area contributed by atoms with Crippen LogP contribution in [0.15, 0.2) is 47.4 Å². The van der Waals surface area contributed by atoms with E-state index in [1.54, 1.807) is 12.1 Å². The summed E-state index contributed by atoms with van der Waals surface area (Å²) in [5.74, 6) is 0. The summed E-state index contributed by atoms with van der Waals surface area (Å²) in [5, 5.41) is 4.97. The van der Waals surface area contributed by atoms with Crippen molar-refractivity contribution in [3.05, 3.63) is 42.5 Å². The molecule has 1 aliphatic rings. The van der Waals surface area contributed by atoms with E-state index in [1.807, 2.05) is 37.3 Å². The van der Waals surface area contributed by atoms with E-state index in [9.17, 15) is 8.42 Å². The Kier molecular flexibility index (Phi) is 3.73. The van der Waals surface area contributed by atoms with Crippen molar-refractivity contribution in [1.29, 1.82) is 0 Å². The van der Waals surface area contributed by atoms with Gasteiger partial charge in [-0.05, 0) is 44.3 Å². The van der Waals surface area contributed by atoms with Gasteiger partial charge in [0.2, 0.25) is 10.0 Å². The van der Waals surface area contributed by atoms with Gasteiger partial charge in [-0.15, -0.1) is 0 Å². The fourth-order valence-electron chi connectivity index (χ4n) is 2.89. The largest absolute Gasteiger partial charge is 0.317 e. The first kappa shape index (κ1) is 14.5. The number of fused-ring (bicyclic) bond motifs is 1. The lowest BCUT2D eigenvalue weighted by Gasteiger charge is -2.34. The molecular formula is C16H20N2O2S. The maximum absolute atomic E-state index is 12.8. The highest BCUT2D eigenvalue weighted by molar-refractivity contribution is 7.89. The summed E-state index contributed by atoms with van der Waals surface area (Å²) in [4.78, 5) is 0.361. The number of hydrogen-bond donors (Lipinski definition) is 2. The van der Waals surface area contributed by atoms with Crippen LogP contribution in [0.3, 0.4) is 0 Å². The Balaban J connectivity index is 2.00. The number of piperidine rings is 1. The maximum atomic E-state index is 12.8. The molecule has 0 radical (unpaired) electrons. The molecule has 0 aliphatic carbocycles. The zero-order valence-electron chi connectivity index (χ0n) is 12.1. The van der Waals surface area contributed by atoms with Gasteiger partial charge in [-0.25, -0.2) is 13.1 Å². The summed E-state index contributed by atoms with van der Waals surface area (Å²) in [6, 6.07) is 13.0. The number of sulfonamides is 1. The first-order valence-corrected chi connectivity index (χ1v) is 8.71. The van der Waals surface area contributed by atoms with Gasteiger partial charge in [-0.1, -0.05) is 36.4 Å². The third-order valence-corrected chi connectivity index (χ3v) is 5.82. The second-order valence-electron chi connectivity index (χ2n) is 5.89. The van der Waals surface area contributed by atoms with Crippen LogP contribution in [0.4, 0.5) is 0 Å². The smallest absolute Gasteiger partial charge is 0.241 e. The first-order valence-electron chi connectivity index (χ1n) is 7.23. The van der Waals surface area contributed by atoms with Gasteiger partial charge in [0.25, 0.3) is 0 Å².